The summed E-state index contributed by atoms with van der Waals surface area (Å²) in [4.78, 5) is 28.8. The number of fused-ring (bicyclic) bond motifs is 3. The van der Waals surface area contributed by atoms with E-state index in [0.29, 0.717) is 0 Å². The number of carbonyl (C=O) groups excluding carboxylic acids is 2. The van der Waals surface area contributed by atoms with Crippen LogP contribution < -0.4 is 0 Å². The first-order valence-corrected chi connectivity index (χ1v) is 9.91. The molecule has 2 aliphatic rings. The van der Waals surface area contributed by atoms with Crippen molar-refractivity contribution >= 4 is 11.9 Å². The molecule has 2 aliphatic carbocycles. The number of allylic oxidation sites excluding steroid dienone is 2. The van der Waals surface area contributed by atoms with E-state index in [2.05, 4.69) is 4.85 Å². The number of benzene rings is 1. The average molecular weight is 389 g/mol. The molecule has 4 rings (SSSR count). The van der Waals surface area contributed by atoms with Crippen LogP contribution in [0.1, 0.15) is 38.4 Å². The van der Waals surface area contributed by atoms with Gasteiger partial charge in [0.05, 0.1) is 24.6 Å². The molecule has 1 aromatic carbocycles. The van der Waals surface area contributed by atoms with E-state index >= 15 is 0 Å². The van der Waals surface area contributed by atoms with Crippen molar-refractivity contribution in [2.75, 3.05) is 6.61 Å². The molecule has 0 saturated heterocycles. The summed E-state index contributed by atoms with van der Waals surface area (Å²) < 4.78 is 6.61. The summed E-state index contributed by atoms with van der Waals surface area (Å²) in [6.07, 6.45) is 2.77. The van der Waals surface area contributed by atoms with Crippen LogP contribution in [0, 0.1) is 18.4 Å². The highest BCUT2D eigenvalue weighted by molar-refractivity contribution is 6.00. The van der Waals surface area contributed by atoms with Gasteiger partial charge in [-0.05, 0) is 25.7 Å². The Morgan fingerprint density at radius 2 is 2.10 bits per heavy atom. The molecular formula is C23H23N3O3. The van der Waals surface area contributed by atoms with E-state index in [4.69, 9.17) is 16.4 Å². The van der Waals surface area contributed by atoms with Crippen LogP contribution >= 0.6 is 0 Å². The van der Waals surface area contributed by atoms with Crippen molar-refractivity contribution in [2.45, 2.75) is 39.0 Å². The Morgan fingerprint density at radius 1 is 1.38 bits per heavy atom. The highest BCUT2D eigenvalue weighted by atomic mass is 16.5. The Kier molecular flexibility index (Phi) is 4.62. The van der Waals surface area contributed by atoms with E-state index < -0.39 is 11.5 Å². The first-order valence-electron chi connectivity index (χ1n) is 9.91. The minimum Gasteiger partial charge on any atom is -0.448 e. The van der Waals surface area contributed by atoms with E-state index in [0.717, 1.165) is 35.4 Å². The Bertz CT molecular complexity index is 1060. The van der Waals surface area contributed by atoms with E-state index in [9.17, 15) is 9.59 Å². The number of rotatable bonds is 2. The van der Waals surface area contributed by atoms with Gasteiger partial charge in [0.2, 0.25) is 5.70 Å². The van der Waals surface area contributed by atoms with Crippen LogP contribution in [0.15, 0.2) is 42.1 Å². The normalized spacial score (nSPS) is 25.4. The van der Waals surface area contributed by atoms with Crippen molar-refractivity contribution in [2.24, 2.45) is 11.8 Å². The van der Waals surface area contributed by atoms with E-state index in [1.165, 1.54) is 4.68 Å². The summed E-state index contributed by atoms with van der Waals surface area (Å²) in [6, 6.07) is 9.69. The lowest BCUT2D eigenvalue weighted by Crippen LogP contribution is -2.45. The van der Waals surface area contributed by atoms with Gasteiger partial charge in [0, 0.05) is 22.5 Å². The van der Waals surface area contributed by atoms with Crippen LogP contribution in [0.2, 0.25) is 0 Å². The fourth-order valence-electron chi connectivity index (χ4n) is 4.91. The molecule has 0 saturated carbocycles. The van der Waals surface area contributed by atoms with Crippen molar-refractivity contribution in [1.82, 2.24) is 9.78 Å². The number of ether oxygens (including phenoxy) is 1. The minimum absolute atomic E-state index is 0.0437. The molecule has 6 heteroatoms. The summed E-state index contributed by atoms with van der Waals surface area (Å²) in [7, 11) is 0. The second-order valence-corrected chi connectivity index (χ2v) is 7.87. The maximum absolute atomic E-state index is 12.7. The summed E-state index contributed by atoms with van der Waals surface area (Å²) in [5.74, 6) is -0.309. The first kappa shape index (κ1) is 19.1. The van der Waals surface area contributed by atoms with Crippen molar-refractivity contribution < 1.29 is 14.3 Å². The van der Waals surface area contributed by atoms with Gasteiger partial charge in [0.25, 0.3) is 0 Å². The Balaban J connectivity index is 1.98. The van der Waals surface area contributed by atoms with Crippen molar-refractivity contribution in [1.29, 1.82) is 0 Å². The number of ketones is 1. The molecule has 0 spiro atoms. The lowest BCUT2D eigenvalue weighted by Gasteiger charge is -2.44. The molecule has 0 amide bonds. The van der Waals surface area contributed by atoms with Crippen LogP contribution in [-0.4, -0.2) is 28.3 Å². The average Bonchev–Trinajstić information content (AvgIpc) is 3.13. The van der Waals surface area contributed by atoms with E-state index in [-0.39, 0.29) is 29.9 Å². The molecule has 0 unspecified atom stereocenters. The van der Waals surface area contributed by atoms with Crippen molar-refractivity contribution in [3.8, 4) is 11.3 Å². The van der Waals surface area contributed by atoms with Gasteiger partial charge in [-0.25, -0.2) is 9.64 Å². The maximum Gasteiger partial charge on any atom is 0.435 e. The molecular weight excluding hydrogens is 366 g/mol. The van der Waals surface area contributed by atoms with Gasteiger partial charge >= 0.3 is 6.09 Å². The summed E-state index contributed by atoms with van der Waals surface area (Å²) in [6.45, 7) is 13.4. The van der Waals surface area contributed by atoms with E-state index in [1.54, 1.807) is 13.0 Å². The van der Waals surface area contributed by atoms with Crippen LogP contribution in [0.4, 0.5) is 4.79 Å². The molecule has 0 bridgehead atoms. The van der Waals surface area contributed by atoms with Gasteiger partial charge in [-0.15, -0.1) is 0 Å². The largest absolute Gasteiger partial charge is 0.448 e. The van der Waals surface area contributed by atoms with Crippen LogP contribution in [-0.2, 0) is 21.4 Å². The second-order valence-electron chi connectivity index (χ2n) is 7.87. The number of aromatic nitrogens is 2. The topological polar surface area (TPSA) is 65.6 Å². The smallest absolute Gasteiger partial charge is 0.435 e. The molecule has 0 aliphatic heterocycles. The molecule has 3 atom stereocenters. The number of carbonyl (C=O) groups is 2. The third-order valence-corrected chi connectivity index (χ3v) is 6.28. The van der Waals surface area contributed by atoms with Crippen LogP contribution in [0.5, 0.6) is 0 Å². The molecule has 148 valence electrons. The molecule has 1 heterocycles. The van der Waals surface area contributed by atoms with Gasteiger partial charge in [0.1, 0.15) is 0 Å². The predicted molar refractivity (Wildman–Crippen MR) is 108 cm³/mol. The molecule has 2 aromatic rings. The molecule has 0 fully saturated rings. The number of hydrogen-bond acceptors (Lipinski definition) is 4. The summed E-state index contributed by atoms with van der Waals surface area (Å²) in [5, 5.41) is 4.71. The maximum atomic E-state index is 12.7. The lowest BCUT2D eigenvalue weighted by molar-refractivity contribution is -0.121. The number of Topliss-reactive ketones (excluding diaryl/α,β-unsaturated/α-hetero) is 1. The molecule has 6 nitrogen and oxygen atoms in total. The summed E-state index contributed by atoms with van der Waals surface area (Å²) >= 11 is 0. The third kappa shape index (κ3) is 2.80. The zero-order valence-electron chi connectivity index (χ0n) is 16.8. The zero-order valence-corrected chi connectivity index (χ0v) is 16.8. The zero-order chi connectivity index (χ0) is 20.8. The fraction of sp³-hybridized carbons (Fsp3) is 0.391. The highest BCUT2D eigenvalue weighted by Gasteiger charge is 2.50. The molecule has 0 N–H and O–H groups in total. The Morgan fingerprint density at radius 3 is 2.76 bits per heavy atom. The standard InChI is InChI=1S/C23H23N3O3/c1-5-29-22(28)26-19(15-9-7-6-8-10-15)16-11-12-17-14(2)20(27)18(24-4)13-23(17,3)21(16)25-26/h6-10,13-14,17H,5,11-12H2,1-3H3/t14-,17-,23-/m0/s1. The van der Waals surface area contributed by atoms with Gasteiger partial charge in [-0.2, -0.15) is 9.78 Å². The second kappa shape index (κ2) is 7.00. The molecule has 29 heavy (non-hydrogen) atoms. The fourth-order valence-corrected chi connectivity index (χ4v) is 4.91. The monoisotopic (exact) mass is 389 g/mol. The van der Waals surface area contributed by atoms with Crippen LogP contribution in [0.3, 0.4) is 0 Å². The summed E-state index contributed by atoms with van der Waals surface area (Å²) in [5.41, 5.74) is 2.97. The van der Waals surface area contributed by atoms with Gasteiger partial charge in [-0.1, -0.05) is 50.3 Å². The quantitative estimate of drug-likeness (QED) is 0.714. The van der Waals surface area contributed by atoms with Crippen molar-refractivity contribution in [3.05, 3.63) is 64.8 Å². The Labute approximate surface area is 170 Å². The number of nitrogens with zero attached hydrogens (tertiary/aromatic N) is 3. The van der Waals surface area contributed by atoms with Gasteiger partial charge in [-0.3, -0.25) is 0 Å². The number of hydrogen-bond donors (Lipinski definition) is 0. The predicted octanol–water partition coefficient (Wildman–Crippen LogP) is 4.40. The Hall–Kier alpha value is -3.20. The third-order valence-electron chi connectivity index (χ3n) is 6.28. The lowest BCUT2D eigenvalue weighted by atomic mass is 9.58. The highest BCUT2D eigenvalue weighted by Crippen LogP contribution is 2.51. The van der Waals surface area contributed by atoms with Gasteiger partial charge in [0.15, 0.2) is 5.78 Å². The van der Waals surface area contributed by atoms with Crippen LogP contribution in [0.25, 0.3) is 16.1 Å². The molecule has 0 radical (unpaired) electrons. The van der Waals surface area contributed by atoms with Gasteiger partial charge < -0.3 is 9.53 Å². The minimum atomic E-state index is -0.581. The molecule has 1 aromatic heterocycles. The van der Waals surface area contributed by atoms with Crippen molar-refractivity contribution in [3.63, 3.8) is 0 Å². The first-order chi connectivity index (χ1) is 13.9. The SMILES string of the molecule is [C-]#[N+]C1=C[C@]2(C)c3nn(C(=O)OCC)c(-c4ccccc4)c3CC[C@H]2[C@H](C)C1=O. The van der Waals surface area contributed by atoms with E-state index in [1.807, 2.05) is 44.2 Å².